The van der Waals surface area contributed by atoms with E-state index in [1.54, 1.807) is 6.92 Å². The summed E-state index contributed by atoms with van der Waals surface area (Å²) in [4.78, 5) is 26.8. The van der Waals surface area contributed by atoms with Gasteiger partial charge in [-0.1, -0.05) is 13.3 Å². The van der Waals surface area contributed by atoms with Gasteiger partial charge in [-0.05, 0) is 6.42 Å². The molecule has 0 aliphatic carbocycles. The molecule has 1 atom stereocenters. The van der Waals surface area contributed by atoms with Crippen LogP contribution in [-0.4, -0.2) is 31.8 Å². The smallest absolute Gasteiger partial charge is 0.263 e. The van der Waals surface area contributed by atoms with Gasteiger partial charge in [0, 0.05) is 11.3 Å². The lowest BCUT2D eigenvalue weighted by Gasteiger charge is -2.14. The third-order valence-corrected chi connectivity index (χ3v) is 2.07. The number of unbranched alkanes of at least 4 members (excludes halogenated alkanes) is 1. The first-order valence-electron chi connectivity index (χ1n) is 4.43. The van der Waals surface area contributed by atoms with Crippen LogP contribution in [-0.2, 0) is 0 Å². The maximum Gasteiger partial charge on any atom is 0.644 e. The van der Waals surface area contributed by atoms with Gasteiger partial charge in [0.25, 0.3) is 0 Å². The third-order valence-electron chi connectivity index (χ3n) is 2.07. The van der Waals surface area contributed by atoms with Crippen LogP contribution in [0.15, 0.2) is 0 Å². The Morgan fingerprint density at radius 1 is 1.19 bits per heavy atom. The SMILES string of the molecule is CCCCC([N+](=O)[O-])C(O)([N+](=O)[O-])[N+](=O)[O-]. The Bertz CT molecular complexity index is 290. The van der Waals surface area contributed by atoms with Crippen molar-refractivity contribution < 1.29 is 19.9 Å². The minimum Gasteiger partial charge on any atom is -0.263 e. The first-order valence-corrected chi connectivity index (χ1v) is 4.43. The molecule has 92 valence electrons. The van der Waals surface area contributed by atoms with Crippen LogP contribution in [0.3, 0.4) is 0 Å². The molecule has 10 heteroatoms. The van der Waals surface area contributed by atoms with Crippen LogP contribution in [0, 0.1) is 30.3 Å². The van der Waals surface area contributed by atoms with Gasteiger partial charge in [-0.15, -0.1) is 0 Å². The molecule has 0 aliphatic rings. The monoisotopic (exact) mass is 237 g/mol. The molecule has 0 aromatic heterocycles. The molecule has 0 aromatic carbocycles. The second kappa shape index (κ2) is 5.30. The molecule has 0 spiro atoms. The van der Waals surface area contributed by atoms with Gasteiger partial charge in [0.05, 0.1) is 0 Å². The van der Waals surface area contributed by atoms with Gasteiger partial charge in [0.2, 0.25) is 0 Å². The summed E-state index contributed by atoms with van der Waals surface area (Å²) < 4.78 is 0. The molecule has 0 rings (SSSR count). The van der Waals surface area contributed by atoms with E-state index in [9.17, 15) is 35.4 Å². The molecule has 0 amide bonds. The van der Waals surface area contributed by atoms with E-state index in [1.165, 1.54) is 0 Å². The zero-order valence-corrected chi connectivity index (χ0v) is 8.44. The molecule has 0 saturated heterocycles. The van der Waals surface area contributed by atoms with Gasteiger partial charge in [-0.2, -0.15) is 0 Å². The van der Waals surface area contributed by atoms with Crippen LogP contribution in [0.2, 0.25) is 0 Å². The Morgan fingerprint density at radius 3 is 1.88 bits per heavy atom. The van der Waals surface area contributed by atoms with Crippen molar-refractivity contribution in [3.63, 3.8) is 0 Å². The zero-order chi connectivity index (χ0) is 12.9. The predicted molar refractivity (Wildman–Crippen MR) is 49.2 cm³/mol. The van der Waals surface area contributed by atoms with Gasteiger partial charge in [0.15, 0.2) is 0 Å². The molecule has 0 fully saturated rings. The van der Waals surface area contributed by atoms with Crippen molar-refractivity contribution in [2.75, 3.05) is 0 Å². The van der Waals surface area contributed by atoms with Gasteiger partial charge in [0.1, 0.15) is 9.85 Å². The normalized spacial score (nSPS) is 13.1. The summed E-state index contributed by atoms with van der Waals surface area (Å²) in [7, 11) is 0. The lowest BCUT2D eigenvalue weighted by atomic mass is 10.1. The molecule has 1 unspecified atom stereocenters. The zero-order valence-electron chi connectivity index (χ0n) is 8.44. The highest BCUT2D eigenvalue weighted by Gasteiger charge is 2.69. The minimum absolute atomic E-state index is 0.176. The molecule has 0 bridgehead atoms. The van der Waals surface area contributed by atoms with Crippen molar-refractivity contribution in [2.45, 2.75) is 38.1 Å². The Morgan fingerprint density at radius 2 is 1.62 bits per heavy atom. The Hall–Kier alpha value is -1.84. The summed E-state index contributed by atoms with van der Waals surface area (Å²) in [6.45, 7) is 1.66. The fourth-order valence-corrected chi connectivity index (χ4v) is 1.15. The van der Waals surface area contributed by atoms with E-state index in [4.69, 9.17) is 0 Å². The molecule has 0 saturated carbocycles. The molecule has 16 heavy (non-hydrogen) atoms. The van der Waals surface area contributed by atoms with E-state index >= 15 is 0 Å². The summed E-state index contributed by atoms with van der Waals surface area (Å²) in [5.41, 5.74) is 0. The molecule has 0 aromatic rings. The molecular weight excluding hydrogens is 226 g/mol. The highest BCUT2D eigenvalue weighted by molar-refractivity contribution is 4.66. The average Bonchev–Trinajstić information content (AvgIpc) is 2.16. The molecule has 10 nitrogen and oxygen atoms in total. The average molecular weight is 237 g/mol. The summed E-state index contributed by atoms with van der Waals surface area (Å²) in [5.74, 6) is -3.77. The Labute approximate surface area is 89.3 Å². The van der Waals surface area contributed by atoms with Crippen molar-refractivity contribution in [1.29, 1.82) is 0 Å². The van der Waals surface area contributed by atoms with Crippen molar-refractivity contribution in [2.24, 2.45) is 0 Å². The van der Waals surface area contributed by atoms with E-state index < -0.39 is 33.1 Å². The van der Waals surface area contributed by atoms with Crippen LogP contribution in [0.4, 0.5) is 0 Å². The predicted octanol–water partition coefficient (Wildman–Crippen LogP) is 0.0214. The molecule has 1 N–H and O–H groups in total. The second-order valence-corrected chi connectivity index (χ2v) is 3.14. The fraction of sp³-hybridized carbons (Fsp3) is 1.00. The standard InChI is InChI=1S/C6H11N3O7/c1-2-3-4-5(7(11)12)6(10,8(13)14)9(15)16/h5,10H,2-4H2,1H3. The topological polar surface area (TPSA) is 150 Å². The number of hydrogen-bond donors (Lipinski definition) is 1. The van der Waals surface area contributed by atoms with E-state index in [1.807, 2.05) is 0 Å². The number of nitrogens with zero attached hydrogens (tertiary/aromatic N) is 3. The van der Waals surface area contributed by atoms with Gasteiger partial charge >= 0.3 is 11.9 Å². The lowest BCUT2D eigenvalue weighted by Crippen LogP contribution is -2.58. The van der Waals surface area contributed by atoms with Crippen LogP contribution in [0.25, 0.3) is 0 Å². The van der Waals surface area contributed by atoms with Crippen LogP contribution in [0.5, 0.6) is 0 Å². The number of hydrogen-bond acceptors (Lipinski definition) is 7. The first-order chi connectivity index (χ1) is 7.28. The minimum atomic E-state index is -3.77. The largest absolute Gasteiger partial charge is 0.644 e. The van der Waals surface area contributed by atoms with Crippen LogP contribution in [0.1, 0.15) is 26.2 Å². The van der Waals surface area contributed by atoms with Crippen LogP contribution >= 0.6 is 0 Å². The van der Waals surface area contributed by atoms with Crippen molar-refractivity contribution in [1.82, 2.24) is 0 Å². The molecular formula is C6H11N3O7. The summed E-state index contributed by atoms with van der Waals surface area (Å²) in [5, 5.41) is 40.4. The number of rotatable bonds is 7. The van der Waals surface area contributed by atoms with Gasteiger partial charge < -0.3 is 0 Å². The lowest BCUT2D eigenvalue weighted by molar-refractivity contribution is -0.881. The maximum atomic E-state index is 10.5. The number of aliphatic hydroxyl groups is 1. The highest BCUT2D eigenvalue weighted by atomic mass is 16.7. The van der Waals surface area contributed by atoms with Crippen molar-refractivity contribution >= 4 is 0 Å². The second-order valence-electron chi connectivity index (χ2n) is 3.14. The fourth-order valence-electron chi connectivity index (χ4n) is 1.15. The van der Waals surface area contributed by atoms with Gasteiger partial charge in [-0.25, -0.2) is 0 Å². The van der Waals surface area contributed by atoms with E-state index in [0.29, 0.717) is 6.42 Å². The van der Waals surface area contributed by atoms with E-state index in [2.05, 4.69) is 0 Å². The summed E-state index contributed by atoms with van der Waals surface area (Å²) in [6, 6.07) is -2.25. The Balaban J connectivity index is 5.19. The summed E-state index contributed by atoms with van der Waals surface area (Å²) in [6.07, 6.45) is 0.216. The van der Waals surface area contributed by atoms with E-state index in [0.717, 1.165) is 0 Å². The third kappa shape index (κ3) is 2.59. The Kier molecular flexibility index (Phi) is 4.69. The highest BCUT2D eigenvalue weighted by Crippen LogP contribution is 2.20. The summed E-state index contributed by atoms with van der Waals surface area (Å²) >= 11 is 0. The van der Waals surface area contributed by atoms with E-state index in [-0.39, 0.29) is 6.42 Å². The first kappa shape index (κ1) is 14.2. The van der Waals surface area contributed by atoms with Crippen molar-refractivity contribution in [3.8, 4) is 0 Å². The van der Waals surface area contributed by atoms with Gasteiger partial charge in [-0.3, -0.25) is 35.4 Å². The quantitative estimate of drug-likeness (QED) is 0.372. The number of nitro groups is 3. The molecule has 0 radical (unpaired) electrons. The maximum absolute atomic E-state index is 10.5. The molecule has 0 aliphatic heterocycles. The van der Waals surface area contributed by atoms with Crippen molar-refractivity contribution in [3.05, 3.63) is 30.3 Å². The van der Waals surface area contributed by atoms with Crippen LogP contribution < -0.4 is 0 Å². The molecule has 0 heterocycles.